The molecule has 0 aliphatic rings. The van der Waals surface area contributed by atoms with Gasteiger partial charge in [0, 0.05) is 12.6 Å². The van der Waals surface area contributed by atoms with Gasteiger partial charge >= 0.3 is 0 Å². The summed E-state index contributed by atoms with van der Waals surface area (Å²) in [7, 11) is -2.02. The summed E-state index contributed by atoms with van der Waals surface area (Å²) >= 11 is 5.64. The first kappa shape index (κ1) is 16.8. The normalized spacial score (nSPS) is 13.2. The Morgan fingerprint density at radius 1 is 1.40 bits per heavy atom. The summed E-state index contributed by atoms with van der Waals surface area (Å²) in [5.74, 6) is 0.0945. The van der Waals surface area contributed by atoms with E-state index in [1.165, 1.54) is 12.1 Å². The third-order valence-corrected chi connectivity index (χ3v) is 4.34. The number of halogens is 1. The number of sulfonamides is 1. The van der Waals surface area contributed by atoms with Crippen LogP contribution < -0.4 is 10.0 Å². The van der Waals surface area contributed by atoms with E-state index in [1.54, 1.807) is 7.05 Å². The van der Waals surface area contributed by atoms with Gasteiger partial charge in [-0.15, -0.1) is 0 Å². The summed E-state index contributed by atoms with van der Waals surface area (Å²) in [6.45, 7) is 2.77. The van der Waals surface area contributed by atoms with Crippen LogP contribution in [0.4, 0.5) is 5.69 Å². The lowest BCUT2D eigenvalue weighted by Gasteiger charge is -2.12. The van der Waals surface area contributed by atoms with Gasteiger partial charge in [0.15, 0.2) is 0 Å². The minimum atomic E-state index is -3.79. The first-order valence-electron chi connectivity index (χ1n) is 5.86. The second-order valence-corrected chi connectivity index (χ2v) is 6.56. The van der Waals surface area contributed by atoms with E-state index in [0.717, 1.165) is 6.07 Å². The van der Waals surface area contributed by atoms with E-state index in [9.17, 15) is 18.5 Å². The van der Waals surface area contributed by atoms with Crippen molar-refractivity contribution in [3.8, 4) is 0 Å². The monoisotopic (exact) mass is 321 g/mol. The maximum atomic E-state index is 12.0. The zero-order valence-corrected chi connectivity index (χ0v) is 12.7. The lowest BCUT2D eigenvalue weighted by atomic mass is 10.2. The lowest BCUT2D eigenvalue weighted by Crippen LogP contribution is -2.32. The van der Waals surface area contributed by atoms with E-state index in [0.29, 0.717) is 6.54 Å². The van der Waals surface area contributed by atoms with Crippen LogP contribution in [0.3, 0.4) is 0 Å². The van der Waals surface area contributed by atoms with Crippen molar-refractivity contribution < 1.29 is 13.3 Å². The molecule has 0 saturated carbocycles. The van der Waals surface area contributed by atoms with Crippen molar-refractivity contribution in [2.75, 3.05) is 20.1 Å². The Morgan fingerprint density at radius 3 is 2.60 bits per heavy atom. The predicted molar refractivity (Wildman–Crippen MR) is 76.4 cm³/mol. The molecule has 1 aromatic carbocycles. The molecule has 1 atom stereocenters. The zero-order chi connectivity index (χ0) is 15.3. The minimum Gasteiger partial charge on any atom is -0.319 e. The standard InChI is InChI=1S/C11H16ClN3O4S/c1-8(6-13-2)7-14-20(18,19)9-3-4-10(12)11(5-9)15(16)17/h3-5,8,13-14H,6-7H2,1-2H3. The Kier molecular flexibility index (Phi) is 5.88. The minimum absolute atomic E-state index is 0.0945. The quantitative estimate of drug-likeness (QED) is 0.583. The second-order valence-electron chi connectivity index (χ2n) is 4.39. The largest absolute Gasteiger partial charge is 0.319 e. The maximum absolute atomic E-state index is 12.0. The van der Waals surface area contributed by atoms with Crippen LogP contribution in [-0.4, -0.2) is 33.5 Å². The Morgan fingerprint density at radius 2 is 2.05 bits per heavy atom. The van der Waals surface area contributed by atoms with Crippen LogP contribution in [0.25, 0.3) is 0 Å². The van der Waals surface area contributed by atoms with Crippen molar-refractivity contribution in [3.05, 3.63) is 33.3 Å². The fraction of sp³-hybridized carbons (Fsp3) is 0.455. The molecule has 1 unspecified atom stereocenters. The molecule has 1 aromatic rings. The van der Waals surface area contributed by atoms with Crippen LogP contribution >= 0.6 is 11.6 Å². The van der Waals surface area contributed by atoms with E-state index in [4.69, 9.17) is 11.6 Å². The number of hydrogen-bond donors (Lipinski definition) is 2. The Hall–Kier alpha value is -1.22. The van der Waals surface area contributed by atoms with Gasteiger partial charge in [-0.25, -0.2) is 13.1 Å². The van der Waals surface area contributed by atoms with Gasteiger partial charge in [-0.2, -0.15) is 0 Å². The van der Waals surface area contributed by atoms with Gasteiger partial charge in [-0.3, -0.25) is 10.1 Å². The molecule has 0 heterocycles. The fourth-order valence-electron chi connectivity index (χ4n) is 1.56. The summed E-state index contributed by atoms with van der Waals surface area (Å²) in [6, 6.07) is 3.39. The molecule has 0 amide bonds. The predicted octanol–water partition coefficient (Wildman–Crippen LogP) is 1.38. The molecule has 9 heteroatoms. The van der Waals surface area contributed by atoms with Gasteiger partial charge in [0.25, 0.3) is 5.69 Å². The van der Waals surface area contributed by atoms with E-state index in [1.807, 2.05) is 6.92 Å². The summed E-state index contributed by atoms with van der Waals surface area (Å²) in [5, 5.41) is 13.6. The van der Waals surface area contributed by atoms with E-state index in [2.05, 4.69) is 10.0 Å². The molecule has 0 aromatic heterocycles. The van der Waals surface area contributed by atoms with Crippen LogP contribution in [0.2, 0.25) is 5.02 Å². The highest BCUT2D eigenvalue weighted by Gasteiger charge is 2.20. The van der Waals surface area contributed by atoms with E-state index < -0.39 is 20.6 Å². The summed E-state index contributed by atoms with van der Waals surface area (Å²) in [5.41, 5.74) is -0.433. The third kappa shape index (κ3) is 4.41. The zero-order valence-electron chi connectivity index (χ0n) is 11.1. The Balaban J connectivity index is 2.93. The van der Waals surface area contributed by atoms with Gasteiger partial charge < -0.3 is 5.32 Å². The SMILES string of the molecule is CNCC(C)CNS(=O)(=O)c1ccc(Cl)c([N+](=O)[O-])c1. The summed E-state index contributed by atoms with van der Waals surface area (Å²) in [4.78, 5) is 9.86. The molecule has 0 saturated heterocycles. The van der Waals surface area contributed by atoms with Crippen molar-refractivity contribution in [1.29, 1.82) is 0 Å². The van der Waals surface area contributed by atoms with Gasteiger partial charge in [0.1, 0.15) is 5.02 Å². The van der Waals surface area contributed by atoms with Gasteiger partial charge in [-0.05, 0) is 31.6 Å². The van der Waals surface area contributed by atoms with E-state index >= 15 is 0 Å². The molecular formula is C11H16ClN3O4S. The molecule has 20 heavy (non-hydrogen) atoms. The number of nitro benzene ring substituents is 1. The molecule has 2 N–H and O–H groups in total. The number of rotatable bonds is 7. The second kappa shape index (κ2) is 6.98. The van der Waals surface area contributed by atoms with Crippen molar-refractivity contribution in [2.24, 2.45) is 5.92 Å². The number of nitro groups is 1. The highest BCUT2D eigenvalue weighted by molar-refractivity contribution is 7.89. The topological polar surface area (TPSA) is 101 Å². The van der Waals surface area contributed by atoms with Crippen LogP contribution in [0.1, 0.15) is 6.92 Å². The lowest BCUT2D eigenvalue weighted by molar-refractivity contribution is -0.384. The molecular weight excluding hydrogens is 306 g/mol. The summed E-state index contributed by atoms with van der Waals surface area (Å²) < 4.78 is 26.5. The third-order valence-electron chi connectivity index (χ3n) is 2.60. The average molecular weight is 322 g/mol. The average Bonchev–Trinajstić information content (AvgIpc) is 2.37. The molecule has 0 aliphatic heterocycles. The molecule has 0 aliphatic carbocycles. The first-order chi connectivity index (χ1) is 9.27. The highest BCUT2D eigenvalue weighted by Crippen LogP contribution is 2.26. The highest BCUT2D eigenvalue weighted by atomic mass is 35.5. The molecule has 0 radical (unpaired) electrons. The fourth-order valence-corrected chi connectivity index (χ4v) is 2.93. The number of benzene rings is 1. The molecule has 1 rings (SSSR count). The molecule has 0 fully saturated rings. The Labute approximate surface area is 122 Å². The van der Waals surface area contributed by atoms with Crippen molar-refractivity contribution in [3.63, 3.8) is 0 Å². The summed E-state index contributed by atoms with van der Waals surface area (Å²) in [6.07, 6.45) is 0. The van der Waals surface area contributed by atoms with Gasteiger partial charge in [0.2, 0.25) is 10.0 Å². The molecule has 7 nitrogen and oxygen atoms in total. The van der Waals surface area contributed by atoms with Crippen molar-refractivity contribution >= 4 is 27.3 Å². The molecule has 0 bridgehead atoms. The van der Waals surface area contributed by atoms with Gasteiger partial charge in [0.05, 0.1) is 9.82 Å². The van der Waals surface area contributed by atoms with Crippen molar-refractivity contribution in [2.45, 2.75) is 11.8 Å². The molecule has 112 valence electrons. The molecule has 0 spiro atoms. The van der Waals surface area contributed by atoms with Crippen LogP contribution in [0.5, 0.6) is 0 Å². The van der Waals surface area contributed by atoms with Crippen molar-refractivity contribution in [1.82, 2.24) is 10.0 Å². The van der Waals surface area contributed by atoms with Crippen LogP contribution in [0.15, 0.2) is 23.1 Å². The van der Waals surface area contributed by atoms with Crippen LogP contribution in [-0.2, 0) is 10.0 Å². The first-order valence-corrected chi connectivity index (χ1v) is 7.72. The van der Waals surface area contributed by atoms with Crippen LogP contribution in [0, 0.1) is 16.0 Å². The van der Waals surface area contributed by atoms with Gasteiger partial charge in [-0.1, -0.05) is 18.5 Å². The number of hydrogen-bond acceptors (Lipinski definition) is 5. The van der Waals surface area contributed by atoms with E-state index in [-0.39, 0.29) is 22.4 Å². The Bertz CT molecular complexity index is 591. The number of nitrogens with one attached hydrogen (secondary N) is 2. The number of nitrogens with zero attached hydrogens (tertiary/aromatic N) is 1. The smallest absolute Gasteiger partial charge is 0.289 e. The maximum Gasteiger partial charge on any atom is 0.289 e.